The monoisotopic (exact) mass is 251 g/mol. The molecule has 0 saturated heterocycles. The van der Waals surface area contributed by atoms with Gasteiger partial charge in [0.15, 0.2) is 5.78 Å². The van der Waals surface area contributed by atoms with Crippen LogP contribution in [0.4, 0.5) is 0 Å². The number of hydrogen-bond donors (Lipinski definition) is 1. The summed E-state index contributed by atoms with van der Waals surface area (Å²) in [6.07, 6.45) is 0.488. The van der Waals surface area contributed by atoms with E-state index < -0.39 is 5.97 Å². The molecule has 0 radical (unpaired) electrons. The fourth-order valence-electron chi connectivity index (χ4n) is 2.05. The number of ether oxygens (including phenoxy) is 1. The smallest absolute Gasteiger partial charge is 0.355 e. The minimum Gasteiger partial charge on any atom is -0.461 e. The highest BCUT2D eigenvalue weighted by molar-refractivity contribution is 6.02. The number of hydrogen-bond acceptors (Lipinski definition) is 3. The fraction of sp³-hybridized carbons (Fsp3) is 0.571. The van der Waals surface area contributed by atoms with E-state index in [0.717, 1.165) is 5.69 Å². The van der Waals surface area contributed by atoms with Gasteiger partial charge in [-0.2, -0.15) is 0 Å². The predicted octanol–water partition coefficient (Wildman–Crippen LogP) is 3.04. The van der Waals surface area contributed by atoms with Gasteiger partial charge in [0.05, 0.1) is 6.61 Å². The zero-order chi connectivity index (χ0) is 13.9. The van der Waals surface area contributed by atoms with Gasteiger partial charge < -0.3 is 9.72 Å². The molecular weight excluding hydrogens is 230 g/mol. The molecule has 0 bridgehead atoms. The molecule has 1 heterocycles. The van der Waals surface area contributed by atoms with Gasteiger partial charge in [-0.15, -0.1) is 0 Å². The zero-order valence-corrected chi connectivity index (χ0v) is 11.7. The van der Waals surface area contributed by atoms with E-state index in [-0.39, 0.29) is 5.78 Å². The van der Waals surface area contributed by atoms with Crippen molar-refractivity contribution in [1.29, 1.82) is 0 Å². The van der Waals surface area contributed by atoms with Crippen LogP contribution in [0, 0.1) is 19.8 Å². The van der Waals surface area contributed by atoms with Gasteiger partial charge in [-0.3, -0.25) is 4.79 Å². The largest absolute Gasteiger partial charge is 0.461 e. The van der Waals surface area contributed by atoms with Crippen LogP contribution in [0.25, 0.3) is 0 Å². The van der Waals surface area contributed by atoms with E-state index >= 15 is 0 Å². The van der Waals surface area contributed by atoms with Crippen LogP contribution in [-0.4, -0.2) is 23.3 Å². The molecule has 0 aromatic carbocycles. The Bertz CT molecular complexity index is 458. The van der Waals surface area contributed by atoms with Crippen molar-refractivity contribution in [3.8, 4) is 0 Å². The van der Waals surface area contributed by atoms with Crippen molar-refractivity contribution in [2.75, 3.05) is 6.61 Å². The summed E-state index contributed by atoms with van der Waals surface area (Å²) in [6, 6.07) is 0. The van der Waals surface area contributed by atoms with Gasteiger partial charge >= 0.3 is 5.97 Å². The Morgan fingerprint density at radius 1 is 1.28 bits per heavy atom. The summed E-state index contributed by atoms with van der Waals surface area (Å²) in [4.78, 5) is 26.8. The van der Waals surface area contributed by atoms with E-state index in [1.54, 1.807) is 13.8 Å². The molecule has 0 aliphatic heterocycles. The van der Waals surface area contributed by atoms with Crippen molar-refractivity contribution in [2.45, 2.75) is 41.0 Å². The number of carbonyl (C=O) groups excluding carboxylic acids is 2. The van der Waals surface area contributed by atoms with Gasteiger partial charge in [0.1, 0.15) is 5.69 Å². The molecular formula is C14H21NO3. The Balaban J connectivity index is 3.08. The van der Waals surface area contributed by atoms with Gasteiger partial charge in [-0.05, 0) is 32.3 Å². The highest BCUT2D eigenvalue weighted by Gasteiger charge is 2.22. The first-order chi connectivity index (χ1) is 8.38. The van der Waals surface area contributed by atoms with Gasteiger partial charge in [0.2, 0.25) is 0 Å². The lowest BCUT2D eigenvalue weighted by atomic mass is 9.98. The molecule has 100 valence electrons. The van der Waals surface area contributed by atoms with Crippen molar-refractivity contribution in [1.82, 2.24) is 4.98 Å². The Morgan fingerprint density at radius 2 is 1.89 bits per heavy atom. The number of aromatic nitrogens is 1. The second-order valence-corrected chi connectivity index (χ2v) is 4.87. The summed E-state index contributed by atoms with van der Waals surface area (Å²) in [6.45, 7) is 9.68. The van der Waals surface area contributed by atoms with Crippen LogP contribution in [0.3, 0.4) is 0 Å². The van der Waals surface area contributed by atoms with Gasteiger partial charge in [-0.1, -0.05) is 13.8 Å². The molecule has 1 aromatic heterocycles. The molecule has 4 nitrogen and oxygen atoms in total. The Morgan fingerprint density at radius 3 is 2.39 bits per heavy atom. The number of H-pyrrole nitrogens is 1. The first kappa shape index (κ1) is 14.5. The van der Waals surface area contributed by atoms with Crippen molar-refractivity contribution < 1.29 is 14.3 Å². The van der Waals surface area contributed by atoms with Crippen molar-refractivity contribution in [3.63, 3.8) is 0 Å². The van der Waals surface area contributed by atoms with Crippen LogP contribution < -0.4 is 0 Å². The predicted molar refractivity (Wildman–Crippen MR) is 70.0 cm³/mol. The maximum Gasteiger partial charge on any atom is 0.355 e. The average Bonchev–Trinajstić information content (AvgIpc) is 2.53. The third-order valence-corrected chi connectivity index (χ3v) is 2.79. The Labute approximate surface area is 108 Å². The molecule has 0 fully saturated rings. The molecule has 0 atom stereocenters. The third-order valence-electron chi connectivity index (χ3n) is 2.79. The molecule has 0 spiro atoms. The number of ketones is 1. The summed E-state index contributed by atoms with van der Waals surface area (Å²) < 4.78 is 4.96. The number of aromatic amines is 1. The van der Waals surface area contributed by atoms with Crippen molar-refractivity contribution >= 4 is 11.8 Å². The van der Waals surface area contributed by atoms with Crippen molar-refractivity contribution in [2.24, 2.45) is 5.92 Å². The SMILES string of the molecule is CCOC(=O)c1[nH]c(C)c(C(=O)CC(C)C)c1C. The summed E-state index contributed by atoms with van der Waals surface area (Å²) in [7, 11) is 0. The summed E-state index contributed by atoms with van der Waals surface area (Å²) in [5.74, 6) is -0.0225. The molecule has 0 aliphatic carbocycles. The molecule has 1 N–H and O–H groups in total. The second-order valence-electron chi connectivity index (χ2n) is 4.87. The van der Waals surface area contributed by atoms with E-state index in [1.165, 1.54) is 0 Å². The number of Topliss-reactive ketones (excluding diaryl/α,β-unsaturated/α-hetero) is 1. The van der Waals surface area contributed by atoms with Crippen LogP contribution in [0.1, 0.15) is 59.3 Å². The highest BCUT2D eigenvalue weighted by atomic mass is 16.5. The van der Waals surface area contributed by atoms with Gasteiger partial charge in [-0.25, -0.2) is 4.79 Å². The lowest BCUT2D eigenvalue weighted by molar-refractivity contribution is 0.0519. The van der Waals surface area contributed by atoms with E-state index in [0.29, 0.717) is 35.8 Å². The van der Waals surface area contributed by atoms with Crippen LogP contribution in [0.15, 0.2) is 0 Å². The number of esters is 1. The summed E-state index contributed by atoms with van der Waals surface area (Å²) in [5, 5.41) is 0. The summed E-state index contributed by atoms with van der Waals surface area (Å²) >= 11 is 0. The molecule has 4 heteroatoms. The zero-order valence-electron chi connectivity index (χ0n) is 11.7. The van der Waals surface area contributed by atoms with Crippen LogP contribution in [-0.2, 0) is 4.74 Å². The average molecular weight is 251 g/mol. The van der Waals surface area contributed by atoms with Gasteiger partial charge in [0.25, 0.3) is 0 Å². The minimum atomic E-state index is -0.401. The molecule has 0 unspecified atom stereocenters. The topological polar surface area (TPSA) is 59.2 Å². The Hall–Kier alpha value is -1.58. The first-order valence-electron chi connectivity index (χ1n) is 6.27. The fourth-order valence-corrected chi connectivity index (χ4v) is 2.05. The van der Waals surface area contributed by atoms with Gasteiger partial charge in [0, 0.05) is 17.7 Å². The number of rotatable bonds is 5. The van der Waals surface area contributed by atoms with E-state index in [4.69, 9.17) is 4.74 Å². The maximum absolute atomic E-state index is 12.1. The summed E-state index contributed by atoms with van der Waals surface area (Å²) in [5.41, 5.74) is 2.45. The molecule has 18 heavy (non-hydrogen) atoms. The number of nitrogens with one attached hydrogen (secondary N) is 1. The molecule has 0 aliphatic rings. The van der Waals surface area contributed by atoms with E-state index in [1.807, 2.05) is 20.8 Å². The number of aryl methyl sites for hydroxylation is 1. The number of carbonyl (C=O) groups is 2. The molecule has 0 saturated carbocycles. The Kier molecular flexibility index (Phi) is 4.70. The molecule has 0 amide bonds. The first-order valence-corrected chi connectivity index (χ1v) is 6.27. The van der Waals surface area contributed by atoms with Crippen LogP contribution in [0.5, 0.6) is 0 Å². The van der Waals surface area contributed by atoms with E-state index in [2.05, 4.69) is 4.98 Å². The molecule has 1 aromatic rings. The van der Waals surface area contributed by atoms with E-state index in [9.17, 15) is 9.59 Å². The second kappa shape index (κ2) is 5.85. The third kappa shape index (κ3) is 3.00. The normalized spacial score (nSPS) is 10.8. The highest BCUT2D eigenvalue weighted by Crippen LogP contribution is 2.21. The van der Waals surface area contributed by atoms with Crippen LogP contribution >= 0.6 is 0 Å². The lowest BCUT2D eigenvalue weighted by Crippen LogP contribution is -2.08. The quantitative estimate of drug-likeness (QED) is 0.646. The molecule has 1 rings (SSSR count). The minimum absolute atomic E-state index is 0.0757. The maximum atomic E-state index is 12.1. The van der Waals surface area contributed by atoms with Crippen molar-refractivity contribution in [3.05, 3.63) is 22.5 Å². The lowest BCUT2D eigenvalue weighted by Gasteiger charge is -2.05. The standard InChI is InChI=1S/C14H21NO3/c1-6-18-14(17)13-9(4)12(10(5)15-13)11(16)7-8(2)3/h8,15H,6-7H2,1-5H3. The van der Waals surface area contributed by atoms with Crippen LogP contribution in [0.2, 0.25) is 0 Å².